The Balaban J connectivity index is 2.03. The lowest BCUT2D eigenvalue weighted by molar-refractivity contribution is -0.185. The zero-order chi connectivity index (χ0) is 12.5. The second kappa shape index (κ2) is 4.59. The molecule has 0 radical (unpaired) electrons. The first-order chi connectivity index (χ1) is 8.09. The highest BCUT2D eigenvalue weighted by Gasteiger charge is 2.60. The minimum atomic E-state index is -0.786. The zero-order valence-corrected chi connectivity index (χ0v) is 10.9. The van der Waals surface area contributed by atoms with Gasteiger partial charge in [-0.1, -0.05) is 13.3 Å². The molecule has 96 valence electrons. The maximum absolute atomic E-state index is 10.7. The SMILES string of the molecule is CCOC1CC(O)(C2(C#N)CCC(CC)C2)C1. The molecule has 0 aromatic heterocycles. The van der Waals surface area contributed by atoms with Crippen LogP contribution < -0.4 is 0 Å². The third kappa shape index (κ3) is 1.98. The maximum Gasteiger partial charge on any atom is 0.0882 e. The molecule has 1 N–H and O–H groups in total. The molecule has 0 spiro atoms. The fraction of sp³-hybridized carbons (Fsp3) is 0.929. The van der Waals surface area contributed by atoms with Crippen molar-refractivity contribution < 1.29 is 9.84 Å². The van der Waals surface area contributed by atoms with E-state index >= 15 is 0 Å². The highest BCUT2D eigenvalue weighted by Crippen LogP contribution is 2.57. The minimum Gasteiger partial charge on any atom is -0.388 e. The van der Waals surface area contributed by atoms with Crippen LogP contribution in [0.15, 0.2) is 0 Å². The van der Waals surface area contributed by atoms with E-state index in [9.17, 15) is 10.4 Å². The van der Waals surface area contributed by atoms with E-state index in [1.54, 1.807) is 0 Å². The van der Waals surface area contributed by atoms with E-state index in [-0.39, 0.29) is 6.10 Å². The van der Waals surface area contributed by atoms with Gasteiger partial charge in [0.2, 0.25) is 0 Å². The quantitative estimate of drug-likeness (QED) is 0.817. The fourth-order valence-electron chi connectivity index (χ4n) is 3.56. The normalized spacial score (nSPS) is 45.3. The highest BCUT2D eigenvalue weighted by molar-refractivity contribution is 5.19. The van der Waals surface area contributed by atoms with Gasteiger partial charge in [0, 0.05) is 19.4 Å². The van der Waals surface area contributed by atoms with Crippen LogP contribution in [0.3, 0.4) is 0 Å². The summed E-state index contributed by atoms with van der Waals surface area (Å²) in [6.45, 7) is 4.84. The molecule has 2 aliphatic carbocycles. The lowest BCUT2D eigenvalue weighted by Gasteiger charge is -2.51. The van der Waals surface area contributed by atoms with E-state index < -0.39 is 11.0 Å². The van der Waals surface area contributed by atoms with Crippen LogP contribution in [0.2, 0.25) is 0 Å². The second-order valence-corrected chi connectivity index (χ2v) is 5.73. The second-order valence-electron chi connectivity index (χ2n) is 5.73. The monoisotopic (exact) mass is 237 g/mol. The minimum absolute atomic E-state index is 0.163. The molecule has 0 aliphatic heterocycles. The number of nitriles is 1. The molecule has 2 atom stereocenters. The van der Waals surface area contributed by atoms with Crippen molar-refractivity contribution >= 4 is 0 Å². The van der Waals surface area contributed by atoms with Gasteiger partial charge in [-0.25, -0.2) is 0 Å². The molecule has 0 saturated heterocycles. The Morgan fingerprint density at radius 1 is 1.35 bits per heavy atom. The van der Waals surface area contributed by atoms with Crippen molar-refractivity contribution in [1.29, 1.82) is 5.26 Å². The van der Waals surface area contributed by atoms with Gasteiger partial charge in [-0.15, -0.1) is 0 Å². The van der Waals surface area contributed by atoms with Gasteiger partial charge >= 0.3 is 0 Å². The topological polar surface area (TPSA) is 53.2 Å². The predicted molar refractivity (Wildman–Crippen MR) is 65.3 cm³/mol. The van der Waals surface area contributed by atoms with Crippen LogP contribution in [0.5, 0.6) is 0 Å². The Bertz CT molecular complexity index is 317. The molecule has 0 heterocycles. The number of hydrogen-bond donors (Lipinski definition) is 1. The van der Waals surface area contributed by atoms with Gasteiger partial charge in [-0.05, 0) is 32.1 Å². The summed E-state index contributed by atoms with van der Waals surface area (Å²) in [7, 11) is 0. The number of aliphatic hydroxyl groups is 1. The molecule has 2 saturated carbocycles. The van der Waals surface area contributed by atoms with Crippen LogP contribution in [-0.4, -0.2) is 23.4 Å². The Morgan fingerprint density at radius 2 is 2.06 bits per heavy atom. The molecular weight excluding hydrogens is 214 g/mol. The predicted octanol–water partition coefficient (Wildman–Crippen LogP) is 2.64. The Labute approximate surface area is 104 Å². The van der Waals surface area contributed by atoms with Crippen LogP contribution >= 0.6 is 0 Å². The van der Waals surface area contributed by atoms with Crippen molar-refractivity contribution in [3.8, 4) is 6.07 Å². The molecule has 2 aliphatic rings. The smallest absolute Gasteiger partial charge is 0.0882 e. The standard InChI is InChI=1S/C14H23NO2/c1-3-11-5-6-13(7-11,10-15)14(16)8-12(9-14)17-4-2/h11-12,16H,3-9H2,1-2H3. The molecule has 2 unspecified atom stereocenters. The summed E-state index contributed by atoms with van der Waals surface area (Å²) in [5.41, 5.74) is -1.28. The van der Waals surface area contributed by atoms with Crippen LogP contribution in [-0.2, 0) is 4.74 Å². The highest BCUT2D eigenvalue weighted by atomic mass is 16.5. The summed E-state index contributed by atoms with van der Waals surface area (Å²) >= 11 is 0. The van der Waals surface area contributed by atoms with Crippen LogP contribution in [0.1, 0.15) is 52.4 Å². The van der Waals surface area contributed by atoms with Crippen molar-refractivity contribution in [2.45, 2.75) is 64.1 Å². The maximum atomic E-state index is 10.7. The first-order valence-electron chi connectivity index (χ1n) is 6.84. The van der Waals surface area contributed by atoms with E-state index in [4.69, 9.17) is 4.74 Å². The fourth-order valence-corrected chi connectivity index (χ4v) is 3.56. The van der Waals surface area contributed by atoms with Gasteiger partial charge in [-0.2, -0.15) is 5.26 Å². The summed E-state index contributed by atoms with van der Waals surface area (Å²) in [4.78, 5) is 0. The summed E-state index contributed by atoms with van der Waals surface area (Å²) in [6.07, 6.45) is 5.39. The molecule has 0 aromatic carbocycles. The van der Waals surface area contributed by atoms with Gasteiger partial charge in [0.1, 0.15) is 0 Å². The van der Waals surface area contributed by atoms with Crippen molar-refractivity contribution in [1.82, 2.24) is 0 Å². The summed E-state index contributed by atoms with van der Waals surface area (Å²) in [5, 5.41) is 20.2. The van der Waals surface area contributed by atoms with E-state index in [1.807, 2.05) is 6.92 Å². The third-order valence-electron chi connectivity index (χ3n) is 4.83. The van der Waals surface area contributed by atoms with E-state index in [1.165, 1.54) is 0 Å². The summed E-state index contributed by atoms with van der Waals surface area (Å²) < 4.78 is 5.51. The molecular formula is C14H23NO2. The number of ether oxygens (including phenoxy) is 1. The third-order valence-corrected chi connectivity index (χ3v) is 4.83. The lowest BCUT2D eigenvalue weighted by atomic mass is 9.59. The Kier molecular flexibility index (Phi) is 3.47. The van der Waals surface area contributed by atoms with Crippen LogP contribution in [0.25, 0.3) is 0 Å². The molecule has 3 heteroatoms. The zero-order valence-electron chi connectivity index (χ0n) is 10.9. The average molecular weight is 237 g/mol. The summed E-state index contributed by atoms with van der Waals surface area (Å²) in [5.74, 6) is 0.616. The summed E-state index contributed by atoms with van der Waals surface area (Å²) in [6, 6.07) is 2.44. The molecule has 2 rings (SSSR count). The number of nitrogens with zero attached hydrogens (tertiary/aromatic N) is 1. The number of hydrogen-bond acceptors (Lipinski definition) is 3. The lowest BCUT2D eigenvalue weighted by Crippen LogP contribution is -2.58. The Morgan fingerprint density at radius 3 is 2.53 bits per heavy atom. The van der Waals surface area contributed by atoms with Crippen molar-refractivity contribution in [2.24, 2.45) is 11.3 Å². The molecule has 2 fully saturated rings. The van der Waals surface area contributed by atoms with Gasteiger partial charge in [0.05, 0.1) is 23.2 Å². The van der Waals surface area contributed by atoms with Gasteiger partial charge in [0.15, 0.2) is 0 Å². The largest absolute Gasteiger partial charge is 0.388 e. The van der Waals surface area contributed by atoms with Gasteiger partial charge in [-0.3, -0.25) is 0 Å². The van der Waals surface area contributed by atoms with E-state index in [2.05, 4.69) is 13.0 Å². The molecule has 0 bridgehead atoms. The molecule has 17 heavy (non-hydrogen) atoms. The molecule has 0 aromatic rings. The molecule has 0 amide bonds. The first kappa shape index (κ1) is 12.9. The van der Waals surface area contributed by atoms with Crippen LogP contribution in [0.4, 0.5) is 0 Å². The van der Waals surface area contributed by atoms with Crippen molar-refractivity contribution in [3.05, 3.63) is 0 Å². The average Bonchev–Trinajstić information content (AvgIpc) is 2.72. The van der Waals surface area contributed by atoms with E-state index in [0.29, 0.717) is 25.4 Å². The van der Waals surface area contributed by atoms with Crippen LogP contribution in [0, 0.1) is 22.7 Å². The number of rotatable bonds is 4. The van der Waals surface area contributed by atoms with E-state index in [0.717, 1.165) is 25.7 Å². The Hall–Kier alpha value is -0.590. The molecule has 3 nitrogen and oxygen atoms in total. The van der Waals surface area contributed by atoms with Gasteiger partial charge < -0.3 is 9.84 Å². The first-order valence-corrected chi connectivity index (χ1v) is 6.84. The van der Waals surface area contributed by atoms with Crippen molar-refractivity contribution in [3.63, 3.8) is 0 Å². The van der Waals surface area contributed by atoms with Crippen molar-refractivity contribution in [2.75, 3.05) is 6.61 Å². The van der Waals surface area contributed by atoms with Gasteiger partial charge in [0.25, 0.3) is 0 Å².